The standard InChI is InChI=1S/C25H31FO5/c1-15(11-23(27)28)16(2)24-19(12-17-5-10-21(29-3)22(13-17)30-4)14-31-25(24)18-6-8-20(26)9-7-18/h5-10,13,15-16,19,24-25H,11-12,14H2,1-4H3,(H,27,28)/t15?,16?,19-,24+,25+/m0/s1. The van der Waals surface area contributed by atoms with E-state index in [1.807, 2.05) is 25.1 Å². The average Bonchev–Trinajstić information content (AvgIpc) is 3.16. The van der Waals surface area contributed by atoms with Crippen LogP contribution in [0.1, 0.15) is 37.5 Å². The molecule has 1 fully saturated rings. The van der Waals surface area contributed by atoms with E-state index in [1.54, 1.807) is 26.4 Å². The molecule has 1 N–H and O–H groups in total. The molecule has 0 spiro atoms. The zero-order chi connectivity index (χ0) is 22.5. The van der Waals surface area contributed by atoms with Crippen LogP contribution in [0.15, 0.2) is 42.5 Å². The molecule has 1 saturated heterocycles. The highest BCUT2D eigenvalue weighted by Gasteiger charge is 2.43. The van der Waals surface area contributed by atoms with Crippen LogP contribution >= 0.6 is 0 Å². The van der Waals surface area contributed by atoms with E-state index in [9.17, 15) is 14.3 Å². The maximum atomic E-state index is 13.5. The average molecular weight is 431 g/mol. The summed E-state index contributed by atoms with van der Waals surface area (Å²) in [5.41, 5.74) is 2.03. The molecule has 0 radical (unpaired) electrons. The highest BCUT2D eigenvalue weighted by molar-refractivity contribution is 5.67. The molecule has 0 aromatic heterocycles. The minimum absolute atomic E-state index is 0.0138. The Morgan fingerprint density at radius 3 is 2.42 bits per heavy atom. The molecule has 5 atom stereocenters. The molecule has 1 aliphatic rings. The molecule has 5 nitrogen and oxygen atoms in total. The molecule has 3 rings (SSSR count). The van der Waals surface area contributed by atoms with Crippen molar-refractivity contribution in [3.8, 4) is 11.5 Å². The van der Waals surface area contributed by atoms with Gasteiger partial charge in [0.15, 0.2) is 11.5 Å². The molecule has 31 heavy (non-hydrogen) atoms. The number of halogens is 1. The minimum atomic E-state index is -0.798. The van der Waals surface area contributed by atoms with Gasteiger partial charge in [-0.05, 0) is 65.5 Å². The van der Waals surface area contributed by atoms with Crippen LogP contribution in [0.25, 0.3) is 0 Å². The molecule has 0 aliphatic carbocycles. The lowest BCUT2D eigenvalue weighted by atomic mass is 9.71. The van der Waals surface area contributed by atoms with E-state index in [1.165, 1.54) is 12.1 Å². The van der Waals surface area contributed by atoms with Gasteiger partial charge in [-0.2, -0.15) is 0 Å². The summed E-state index contributed by atoms with van der Waals surface area (Å²) >= 11 is 0. The molecular weight excluding hydrogens is 399 g/mol. The molecule has 1 heterocycles. The van der Waals surface area contributed by atoms with E-state index < -0.39 is 5.97 Å². The molecule has 0 saturated carbocycles. The molecule has 0 bridgehead atoms. The number of ether oxygens (including phenoxy) is 3. The van der Waals surface area contributed by atoms with Crippen LogP contribution < -0.4 is 9.47 Å². The van der Waals surface area contributed by atoms with Gasteiger partial charge in [0.1, 0.15) is 5.82 Å². The first kappa shape index (κ1) is 23.1. The second kappa shape index (κ2) is 10.1. The highest BCUT2D eigenvalue weighted by atomic mass is 19.1. The molecule has 6 heteroatoms. The van der Waals surface area contributed by atoms with Crippen molar-refractivity contribution in [1.29, 1.82) is 0 Å². The van der Waals surface area contributed by atoms with E-state index in [-0.39, 0.29) is 42.0 Å². The van der Waals surface area contributed by atoms with Crippen molar-refractivity contribution in [3.05, 3.63) is 59.4 Å². The Balaban J connectivity index is 1.88. The first-order chi connectivity index (χ1) is 14.8. The number of benzene rings is 2. The number of hydrogen-bond acceptors (Lipinski definition) is 4. The number of carboxylic acid groups (broad SMARTS) is 1. The summed E-state index contributed by atoms with van der Waals surface area (Å²) in [7, 11) is 3.22. The second-order valence-electron chi connectivity index (χ2n) is 8.47. The third-order valence-corrected chi connectivity index (χ3v) is 6.53. The number of aliphatic carboxylic acids is 1. The summed E-state index contributed by atoms with van der Waals surface area (Å²) in [5.74, 6) is 0.669. The lowest BCUT2D eigenvalue weighted by molar-refractivity contribution is -0.138. The number of rotatable bonds is 9. The summed E-state index contributed by atoms with van der Waals surface area (Å²) in [5, 5.41) is 9.30. The molecular formula is C25H31FO5. The van der Waals surface area contributed by atoms with Crippen molar-refractivity contribution in [2.75, 3.05) is 20.8 Å². The number of hydrogen-bond donors (Lipinski definition) is 1. The Morgan fingerprint density at radius 1 is 1.13 bits per heavy atom. The molecule has 168 valence electrons. The van der Waals surface area contributed by atoms with Gasteiger partial charge in [0.2, 0.25) is 0 Å². The van der Waals surface area contributed by atoms with Gasteiger partial charge >= 0.3 is 5.97 Å². The number of carbonyl (C=O) groups is 1. The minimum Gasteiger partial charge on any atom is -0.493 e. The van der Waals surface area contributed by atoms with E-state index in [0.717, 1.165) is 17.5 Å². The normalized spacial score (nSPS) is 22.7. The van der Waals surface area contributed by atoms with Gasteiger partial charge in [-0.15, -0.1) is 0 Å². The van der Waals surface area contributed by atoms with Gasteiger partial charge in [-0.3, -0.25) is 4.79 Å². The van der Waals surface area contributed by atoms with Crippen molar-refractivity contribution in [1.82, 2.24) is 0 Å². The van der Waals surface area contributed by atoms with Crippen molar-refractivity contribution in [2.24, 2.45) is 23.7 Å². The molecule has 2 aromatic rings. The largest absolute Gasteiger partial charge is 0.493 e. The quantitative estimate of drug-likeness (QED) is 0.597. The van der Waals surface area contributed by atoms with Crippen LogP contribution in [0, 0.1) is 29.5 Å². The third kappa shape index (κ3) is 5.37. The first-order valence-electron chi connectivity index (χ1n) is 10.6. The topological polar surface area (TPSA) is 65.0 Å². The van der Waals surface area contributed by atoms with Gasteiger partial charge in [-0.1, -0.05) is 32.0 Å². The summed E-state index contributed by atoms with van der Waals surface area (Å²) in [6, 6.07) is 12.3. The Kier molecular flexibility index (Phi) is 7.55. The van der Waals surface area contributed by atoms with Crippen molar-refractivity contribution in [2.45, 2.75) is 32.8 Å². The molecule has 0 amide bonds. The van der Waals surface area contributed by atoms with E-state index in [0.29, 0.717) is 18.1 Å². The zero-order valence-corrected chi connectivity index (χ0v) is 18.5. The molecule has 1 aliphatic heterocycles. The van der Waals surface area contributed by atoms with Gasteiger partial charge in [0.25, 0.3) is 0 Å². The van der Waals surface area contributed by atoms with E-state index >= 15 is 0 Å². The van der Waals surface area contributed by atoms with Gasteiger partial charge in [0, 0.05) is 6.42 Å². The summed E-state index contributed by atoms with van der Waals surface area (Å²) in [6.07, 6.45) is 0.681. The predicted molar refractivity (Wildman–Crippen MR) is 116 cm³/mol. The lowest BCUT2D eigenvalue weighted by Gasteiger charge is -2.32. The fraction of sp³-hybridized carbons (Fsp3) is 0.480. The fourth-order valence-electron chi connectivity index (χ4n) is 4.72. The maximum Gasteiger partial charge on any atom is 0.303 e. The smallest absolute Gasteiger partial charge is 0.303 e. The van der Waals surface area contributed by atoms with Crippen molar-refractivity contribution in [3.63, 3.8) is 0 Å². The monoisotopic (exact) mass is 430 g/mol. The number of carboxylic acids is 1. The van der Waals surface area contributed by atoms with Crippen LogP contribution in [0.2, 0.25) is 0 Å². The van der Waals surface area contributed by atoms with Crippen LogP contribution in [-0.4, -0.2) is 31.9 Å². The summed E-state index contributed by atoms with van der Waals surface area (Å²) in [6.45, 7) is 4.64. The molecule has 2 aromatic carbocycles. The molecule has 2 unspecified atom stereocenters. The Hall–Kier alpha value is -2.60. The van der Waals surface area contributed by atoms with Gasteiger partial charge < -0.3 is 19.3 Å². The highest BCUT2D eigenvalue weighted by Crippen LogP contribution is 2.47. The Labute approximate surface area is 183 Å². The Morgan fingerprint density at radius 2 is 1.81 bits per heavy atom. The SMILES string of the molecule is COc1ccc(C[C@H]2CO[C@H](c3ccc(F)cc3)[C@@H]2C(C)C(C)CC(=O)O)cc1OC. The van der Waals surface area contributed by atoms with E-state index in [4.69, 9.17) is 14.2 Å². The van der Waals surface area contributed by atoms with Crippen LogP contribution in [-0.2, 0) is 16.0 Å². The van der Waals surface area contributed by atoms with Crippen LogP contribution in [0.3, 0.4) is 0 Å². The van der Waals surface area contributed by atoms with E-state index in [2.05, 4.69) is 6.92 Å². The van der Waals surface area contributed by atoms with Crippen molar-refractivity contribution < 1.29 is 28.5 Å². The van der Waals surface area contributed by atoms with Gasteiger partial charge in [0.05, 0.1) is 26.9 Å². The maximum absolute atomic E-state index is 13.5. The lowest BCUT2D eigenvalue weighted by Crippen LogP contribution is -2.29. The first-order valence-corrected chi connectivity index (χ1v) is 10.6. The number of methoxy groups -OCH3 is 2. The second-order valence-corrected chi connectivity index (χ2v) is 8.47. The fourth-order valence-corrected chi connectivity index (χ4v) is 4.72. The van der Waals surface area contributed by atoms with Gasteiger partial charge in [-0.25, -0.2) is 4.39 Å². The summed E-state index contributed by atoms with van der Waals surface area (Å²) in [4.78, 5) is 11.3. The third-order valence-electron chi connectivity index (χ3n) is 6.53. The van der Waals surface area contributed by atoms with Crippen LogP contribution in [0.5, 0.6) is 11.5 Å². The predicted octanol–water partition coefficient (Wildman–Crippen LogP) is 5.14. The Bertz CT molecular complexity index is 882. The van der Waals surface area contributed by atoms with Crippen LogP contribution in [0.4, 0.5) is 4.39 Å². The zero-order valence-electron chi connectivity index (χ0n) is 18.5. The summed E-state index contributed by atoms with van der Waals surface area (Å²) < 4.78 is 30.5. The van der Waals surface area contributed by atoms with Crippen molar-refractivity contribution >= 4 is 5.97 Å².